The third-order valence-electron chi connectivity index (χ3n) is 2.65. The van der Waals surface area contributed by atoms with Gasteiger partial charge in [0.25, 0.3) is 0 Å². The summed E-state index contributed by atoms with van der Waals surface area (Å²) in [6.45, 7) is 7.67. The monoisotopic (exact) mass is 337 g/mol. The number of carbonyl (C=O) groups excluding carboxylic acids is 1. The molecule has 1 rings (SSSR count). The molecule has 0 atom stereocenters. The zero-order chi connectivity index (χ0) is 15.0. The molecule has 0 aliphatic heterocycles. The van der Waals surface area contributed by atoms with Crippen molar-refractivity contribution in [2.75, 3.05) is 5.32 Å². The Labute approximate surface area is 118 Å². The highest BCUT2D eigenvalue weighted by molar-refractivity contribution is 9.10. The van der Waals surface area contributed by atoms with Gasteiger partial charge >= 0.3 is 12.1 Å². The maximum Gasteiger partial charge on any atom is 0.471 e. The molecule has 0 bridgehead atoms. The maximum absolute atomic E-state index is 12.2. The smallest absolute Gasteiger partial charge is 0.317 e. The van der Waals surface area contributed by atoms with E-state index in [0.717, 1.165) is 5.56 Å². The second-order valence-electron chi connectivity index (χ2n) is 5.35. The molecule has 1 N–H and O–H groups in total. The molecule has 0 fully saturated rings. The number of amides is 1. The van der Waals surface area contributed by atoms with Gasteiger partial charge < -0.3 is 5.32 Å². The lowest BCUT2D eigenvalue weighted by Crippen LogP contribution is -2.30. The molecule has 0 spiro atoms. The Hall–Kier alpha value is -1.04. The van der Waals surface area contributed by atoms with Crippen LogP contribution in [0.5, 0.6) is 0 Å². The van der Waals surface area contributed by atoms with Crippen LogP contribution in [0.2, 0.25) is 0 Å². The Balaban J connectivity index is 3.16. The van der Waals surface area contributed by atoms with Crippen LogP contribution in [0.1, 0.15) is 31.9 Å². The van der Waals surface area contributed by atoms with Gasteiger partial charge in [-0.25, -0.2) is 0 Å². The standard InChI is InChI=1S/C13H15BrF3NO/c1-7-5-8(12(2,3)4)6-9(14)10(7)18-11(19)13(15,16)17/h5-6H,1-4H3,(H,18,19). The second kappa shape index (κ2) is 5.15. The summed E-state index contributed by atoms with van der Waals surface area (Å²) in [5, 5.41) is 1.89. The van der Waals surface area contributed by atoms with E-state index in [0.29, 0.717) is 10.0 Å². The lowest BCUT2D eigenvalue weighted by atomic mass is 9.86. The van der Waals surface area contributed by atoms with Crippen molar-refractivity contribution in [3.05, 3.63) is 27.7 Å². The molecule has 0 radical (unpaired) electrons. The molecule has 0 unspecified atom stereocenters. The molecular weight excluding hydrogens is 323 g/mol. The average Bonchev–Trinajstić information content (AvgIpc) is 2.19. The predicted octanol–water partition coefficient (Wildman–Crippen LogP) is 4.56. The first-order valence-electron chi connectivity index (χ1n) is 5.61. The highest BCUT2D eigenvalue weighted by Gasteiger charge is 2.39. The summed E-state index contributed by atoms with van der Waals surface area (Å²) in [6, 6.07) is 3.50. The Morgan fingerprint density at radius 2 is 1.74 bits per heavy atom. The third-order valence-corrected chi connectivity index (χ3v) is 3.27. The van der Waals surface area contributed by atoms with Crippen LogP contribution in [-0.2, 0) is 10.2 Å². The molecular formula is C13H15BrF3NO. The van der Waals surface area contributed by atoms with Crippen LogP contribution in [0.3, 0.4) is 0 Å². The number of hydrogen-bond acceptors (Lipinski definition) is 1. The van der Waals surface area contributed by atoms with Gasteiger partial charge in [-0.15, -0.1) is 0 Å². The fraction of sp³-hybridized carbons (Fsp3) is 0.462. The van der Waals surface area contributed by atoms with Crippen LogP contribution in [0.25, 0.3) is 0 Å². The molecule has 6 heteroatoms. The maximum atomic E-state index is 12.2. The summed E-state index contributed by atoms with van der Waals surface area (Å²) < 4.78 is 37.2. The van der Waals surface area contributed by atoms with E-state index >= 15 is 0 Å². The van der Waals surface area contributed by atoms with Crippen LogP contribution in [0.15, 0.2) is 16.6 Å². The van der Waals surface area contributed by atoms with Gasteiger partial charge in [0.05, 0.1) is 5.69 Å². The number of rotatable bonds is 1. The summed E-state index contributed by atoms with van der Waals surface area (Å²) in [5.74, 6) is -1.97. The SMILES string of the molecule is Cc1cc(C(C)(C)C)cc(Br)c1NC(=O)C(F)(F)F. The van der Waals surface area contributed by atoms with E-state index in [4.69, 9.17) is 0 Å². The van der Waals surface area contributed by atoms with E-state index in [2.05, 4.69) is 15.9 Å². The van der Waals surface area contributed by atoms with Crippen molar-refractivity contribution in [3.63, 3.8) is 0 Å². The van der Waals surface area contributed by atoms with Crippen molar-refractivity contribution < 1.29 is 18.0 Å². The van der Waals surface area contributed by atoms with Crippen molar-refractivity contribution >= 4 is 27.5 Å². The molecule has 1 aromatic rings. The summed E-state index contributed by atoms with van der Waals surface area (Å²) in [5.41, 5.74) is 1.58. The zero-order valence-electron chi connectivity index (χ0n) is 11.1. The fourth-order valence-corrected chi connectivity index (χ4v) is 2.18. The first kappa shape index (κ1) is 16.0. The van der Waals surface area contributed by atoms with Crippen molar-refractivity contribution in [2.45, 2.75) is 39.3 Å². The predicted molar refractivity (Wildman–Crippen MR) is 72.3 cm³/mol. The quantitative estimate of drug-likeness (QED) is 0.799. The van der Waals surface area contributed by atoms with Crippen LogP contribution >= 0.6 is 15.9 Å². The summed E-state index contributed by atoms with van der Waals surface area (Å²) in [7, 11) is 0. The molecule has 0 aromatic heterocycles. The van der Waals surface area contributed by atoms with Crippen molar-refractivity contribution in [1.82, 2.24) is 0 Å². The number of halogens is 4. The number of aryl methyl sites for hydroxylation is 1. The van der Waals surface area contributed by atoms with Crippen LogP contribution in [0, 0.1) is 6.92 Å². The molecule has 0 saturated heterocycles. The zero-order valence-corrected chi connectivity index (χ0v) is 12.7. The van der Waals surface area contributed by atoms with Gasteiger partial charge in [0.2, 0.25) is 0 Å². The molecule has 1 amide bonds. The van der Waals surface area contributed by atoms with Gasteiger partial charge in [-0.05, 0) is 45.5 Å². The number of alkyl halides is 3. The van der Waals surface area contributed by atoms with Crippen LogP contribution in [-0.4, -0.2) is 12.1 Å². The van der Waals surface area contributed by atoms with Crippen molar-refractivity contribution in [2.24, 2.45) is 0 Å². The Kier molecular flexibility index (Phi) is 4.34. The Morgan fingerprint density at radius 3 is 2.11 bits per heavy atom. The normalized spacial score (nSPS) is 12.4. The minimum absolute atomic E-state index is 0.125. The van der Waals surface area contributed by atoms with Crippen LogP contribution in [0.4, 0.5) is 18.9 Å². The van der Waals surface area contributed by atoms with E-state index < -0.39 is 12.1 Å². The molecule has 19 heavy (non-hydrogen) atoms. The van der Waals surface area contributed by atoms with Crippen molar-refractivity contribution in [1.29, 1.82) is 0 Å². The minimum atomic E-state index is -4.89. The first-order valence-corrected chi connectivity index (χ1v) is 6.41. The van der Waals surface area contributed by atoms with Gasteiger partial charge in [0, 0.05) is 4.47 Å². The molecule has 0 aliphatic rings. The van der Waals surface area contributed by atoms with Crippen LogP contribution < -0.4 is 5.32 Å². The summed E-state index contributed by atoms with van der Waals surface area (Å²) in [4.78, 5) is 11.0. The van der Waals surface area contributed by atoms with E-state index in [-0.39, 0.29) is 11.1 Å². The highest BCUT2D eigenvalue weighted by atomic mass is 79.9. The second-order valence-corrected chi connectivity index (χ2v) is 6.21. The average molecular weight is 338 g/mol. The molecule has 0 aliphatic carbocycles. The molecule has 2 nitrogen and oxygen atoms in total. The first-order chi connectivity index (χ1) is 8.43. The minimum Gasteiger partial charge on any atom is -0.317 e. The molecule has 106 valence electrons. The molecule has 1 aromatic carbocycles. The number of hydrogen-bond donors (Lipinski definition) is 1. The number of benzene rings is 1. The van der Waals surface area contributed by atoms with Gasteiger partial charge in [0.1, 0.15) is 0 Å². The van der Waals surface area contributed by atoms with Crippen molar-refractivity contribution in [3.8, 4) is 0 Å². The van der Waals surface area contributed by atoms with Gasteiger partial charge in [-0.3, -0.25) is 4.79 Å². The largest absolute Gasteiger partial charge is 0.471 e. The Bertz CT molecular complexity index is 481. The number of carbonyl (C=O) groups is 1. The van der Waals surface area contributed by atoms with Gasteiger partial charge in [0.15, 0.2) is 0 Å². The number of anilines is 1. The summed E-state index contributed by atoms with van der Waals surface area (Å²) in [6.07, 6.45) is -4.89. The highest BCUT2D eigenvalue weighted by Crippen LogP contribution is 2.34. The van der Waals surface area contributed by atoms with Gasteiger partial charge in [-0.2, -0.15) is 13.2 Å². The lowest BCUT2D eigenvalue weighted by molar-refractivity contribution is -0.167. The lowest BCUT2D eigenvalue weighted by Gasteiger charge is -2.22. The molecule has 0 heterocycles. The molecule has 0 saturated carbocycles. The van der Waals surface area contributed by atoms with E-state index in [1.54, 1.807) is 19.1 Å². The summed E-state index contributed by atoms with van der Waals surface area (Å²) >= 11 is 3.20. The Morgan fingerprint density at radius 1 is 1.21 bits per heavy atom. The fourth-order valence-electron chi connectivity index (χ4n) is 1.52. The van der Waals surface area contributed by atoms with E-state index in [1.165, 1.54) is 0 Å². The topological polar surface area (TPSA) is 29.1 Å². The van der Waals surface area contributed by atoms with Gasteiger partial charge in [-0.1, -0.05) is 26.8 Å². The third kappa shape index (κ3) is 3.96. The van der Waals surface area contributed by atoms with E-state index in [9.17, 15) is 18.0 Å². The van der Waals surface area contributed by atoms with E-state index in [1.807, 2.05) is 26.1 Å². The number of nitrogens with one attached hydrogen (secondary N) is 1.